The summed E-state index contributed by atoms with van der Waals surface area (Å²) in [6.45, 7) is 5.25. The number of nitrogens with two attached hydrogens (primary N) is 1. The molecule has 4 nitrogen and oxygen atoms in total. The van der Waals surface area contributed by atoms with Gasteiger partial charge in [0.05, 0.1) is 6.54 Å². The van der Waals surface area contributed by atoms with Crippen LogP contribution in [0.5, 0.6) is 0 Å². The Morgan fingerprint density at radius 2 is 2.43 bits per heavy atom. The Morgan fingerprint density at radius 3 is 3.00 bits per heavy atom. The van der Waals surface area contributed by atoms with Crippen molar-refractivity contribution < 1.29 is 4.79 Å². The van der Waals surface area contributed by atoms with E-state index >= 15 is 0 Å². The zero-order valence-electron chi connectivity index (χ0n) is 8.96. The van der Waals surface area contributed by atoms with E-state index in [4.69, 9.17) is 5.73 Å². The number of rotatable bonds is 5. The first kappa shape index (κ1) is 11.5. The molecule has 1 rings (SSSR count). The molecule has 0 aromatic rings. The van der Waals surface area contributed by atoms with Crippen LogP contribution in [-0.2, 0) is 4.79 Å². The molecule has 1 saturated heterocycles. The number of amides is 1. The summed E-state index contributed by atoms with van der Waals surface area (Å²) in [7, 11) is 0. The van der Waals surface area contributed by atoms with Gasteiger partial charge in [0.25, 0.3) is 0 Å². The predicted molar refractivity (Wildman–Crippen MR) is 57.0 cm³/mol. The van der Waals surface area contributed by atoms with Crippen LogP contribution in [0.2, 0.25) is 0 Å². The molecule has 1 heterocycles. The molecule has 3 N–H and O–H groups in total. The lowest BCUT2D eigenvalue weighted by molar-refractivity contribution is -0.122. The normalized spacial score (nSPS) is 22.6. The molecular formula is C10H21N3O. The van der Waals surface area contributed by atoms with Gasteiger partial charge in [-0.05, 0) is 12.8 Å². The quantitative estimate of drug-likeness (QED) is 0.610. The van der Waals surface area contributed by atoms with Gasteiger partial charge >= 0.3 is 0 Å². The van der Waals surface area contributed by atoms with E-state index < -0.39 is 0 Å². The minimum Gasteiger partial charge on any atom is -0.355 e. The Kier molecular flexibility index (Phi) is 4.90. The van der Waals surface area contributed by atoms with Crippen LogP contribution in [0, 0.1) is 0 Å². The molecule has 1 amide bonds. The first-order valence-corrected chi connectivity index (χ1v) is 5.47. The minimum absolute atomic E-state index is 0.132. The van der Waals surface area contributed by atoms with E-state index in [2.05, 4.69) is 17.1 Å². The molecule has 1 unspecified atom stereocenters. The number of carbonyl (C=O) groups excluding carboxylic acids is 1. The second-order valence-electron chi connectivity index (χ2n) is 3.99. The predicted octanol–water partition coefficient (Wildman–Crippen LogP) is -0.0643. The number of nitrogens with zero attached hydrogens (tertiary/aromatic N) is 1. The van der Waals surface area contributed by atoms with Gasteiger partial charge in [-0.15, -0.1) is 0 Å². The number of carbonyl (C=O) groups is 1. The van der Waals surface area contributed by atoms with Crippen LogP contribution in [0.15, 0.2) is 0 Å². The molecule has 0 bridgehead atoms. The molecule has 1 atom stereocenters. The summed E-state index contributed by atoms with van der Waals surface area (Å²) in [4.78, 5) is 13.5. The zero-order valence-corrected chi connectivity index (χ0v) is 8.96. The Bertz CT molecular complexity index is 184. The summed E-state index contributed by atoms with van der Waals surface area (Å²) in [5, 5.41) is 2.90. The van der Waals surface area contributed by atoms with E-state index in [1.54, 1.807) is 0 Å². The average Bonchev–Trinajstić information content (AvgIpc) is 2.52. The van der Waals surface area contributed by atoms with E-state index in [0.29, 0.717) is 6.54 Å². The second-order valence-corrected chi connectivity index (χ2v) is 3.99. The lowest BCUT2D eigenvalue weighted by atomic mass is 10.3. The lowest BCUT2D eigenvalue weighted by Crippen LogP contribution is -2.37. The van der Waals surface area contributed by atoms with Gasteiger partial charge in [-0.1, -0.05) is 13.3 Å². The topological polar surface area (TPSA) is 58.4 Å². The van der Waals surface area contributed by atoms with E-state index in [0.717, 1.165) is 38.9 Å². The van der Waals surface area contributed by atoms with Gasteiger partial charge in [-0.2, -0.15) is 0 Å². The van der Waals surface area contributed by atoms with E-state index in [9.17, 15) is 4.79 Å². The monoisotopic (exact) mass is 199 g/mol. The van der Waals surface area contributed by atoms with Crippen LogP contribution in [-0.4, -0.2) is 43.0 Å². The number of unbranched alkanes of at least 4 members (excludes halogenated alkanes) is 1. The fourth-order valence-corrected chi connectivity index (χ4v) is 1.67. The maximum absolute atomic E-state index is 11.4. The number of likely N-dealkylation sites (tertiary alicyclic amines) is 1. The van der Waals surface area contributed by atoms with Crippen LogP contribution in [0.3, 0.4) is 0 Å². The highest BCUT2D eigenvalue weighted by atomic mass is 16.2. The van der Waals surface area contributed by atoms with E-state index in [-0.39, 0.29) is 11.9 Å². The molecular weight excluding hydrogens is 178 g/mol. The highest BCUT2D eigenvalue weighted by Crippen LogP contribution is 2.05. The maximum atomic E-state index is 11.4. The fourth-order valence-electron chi connectivity index (χ4n) is 1.67. The van der Waals surface area contributed by atoms with Gasteiger partial charge in [0.15, 0.2) is 0 Å². The van der Waals surface area contributed by atoms with Gasteiger partial charge < -0.3 is 11.1 Å². The van der Waals surface area contributed by atoms with Crippen LogP contribution in [0.25, 0.3) is 0 Å². The molecule has 0 aromatic carbocycles. The van der Waals surface area contributed by atoms with Crippen LogP contribution >= 0.6 is 0 Å². The second kappa shape index (κ2) is 5.98. The number of hydrogen-bond acceptors (Lipinski definition) is 3. The molecule has 1 fully saturated rings. The van der Waals surface area contributed by atoms with Crippen molar-refractivity contribution >= 4 is 5.91 Å². The van der Waals surface area contributed by atoms with Crippen LogP contribution < -0.4 is 11.1 Å². The first-order valence-electron chi connectivity index (χ1n) is 5.47. The molecule has 14 heavy (non-hydrogen) atoms. The molecule has 1 aliphatic rings. The summed E-state index contributed by atoms with van der Waals surface area (Å²) >= 11 is 0. The molecule has 1 aliphatic heterocycles. The van der Waals surface area contributed by atoms with Crippen molar-refractivity contribution in [3.63, 3.8) is 0 Å². The standard InChI is InChI=1S/C10H21N3O/c1-2-3-5-12-10(14)8-13-6-4-9(11)7-13/h9H,2-8,11H2,1H3,(H,12,14). The number of nitrogens with one attached hydrogen (secondary N) is 1. The van der Waals surface area contributed by atoms with Crippen LogP contribution in [0.4, 0.5) is 0 Å². The Labute approximate surface area is 85.8 Å². The molecule has 0 radical (unpaired) electrons. The Morgan fingerprint density at radius 1 is 1.64 bits per heavy atom. The Hall–Kier alpha value is -0.610. The molecule has 82 valence electrons. The summed E-state index contributed by atoms with van der Waals surface area (Å²) in [6, 6.07) is 0.262. The van der Waals surface area contributed by atoms with Crippen molar-refractivity contribution in [2.75, 3.05) is 26.2 Å². The Balaban J connectivity index is 2.08. The third-order valence-corrected chi connectivity index (χ3v) is 2.53. The smallest absolute Gasteiger partial charge is 0.234 e. The van der Waals surface area contributed by atoms with Gasteiger partial charge in [-0.3, -0.25) is 9.69 Å². The highest BCUT2D eigenvalue weighted by molar-refractivity contribution is 5.78. The first-order chi connectivity index (χ1) is 6.72. The lowest BCUT2D eigenvalue weighted by Gasteiger charge is -2.14. The van der Waals surface area contributed by atoms with E-state index in [1.165, 1.54) is 0 Å². The van der Waals surface area contributed by atoms with Crippen molar-refractivity contribution in [2.24, 2.45) is 5.73 Å². The summed E-state index contributed by atoms with van der Waals surface area (Å²) < 4.78 is 0. The SMILES string of the molecule is CCCCNC(=O)CN1CCC(N)C1. The third-order valence-electron chi connectivity index (χ3n) is 2.53. The molecule has 0 saturated carbocycles. The van der Waals surface area contributed by atoms with Crippen molar-refractivity contribution in [1.82, 2.24) is 10.2 Å². The van der Waals surface area contributed by atoms with E-state index in [1.807, 2.05) is 0 Å². The van der Waals surface area contributed by atoms with Gasteiger partial charge in [0, 0.05) is 25.7 Å². The van der Waals surface area contributed by atoms with Gasteiger partial charge in [0.2, 0.25) is 5.91 Å². The van der Waals surface area contributed by atoms with Gasteiger partial charge in [0.1, 0.15) is 0 Å². The summed E-state index contributed by atoms with van der Waals surface area (Å²) in [6.07, 6.45) is 3.20. The molecule has 0 spiro atoms. The van der Waals surface area contributed by atoms with Crippen molar-refractivity contribution in [2.45, 2.75) is 32.2 Å². The number of hydrogen-bond donors (Lipinski definition) is 2. The highest BCUT2D eigenvalue weighted by Gasteiger charge is 2.20. The zero-order chi connectivity index (χ0) is 10.4. The largest absolute Gasteiger partial charge is 0.355 e. The third kappa shape index (κ3) is 4.07. The van der Waals surface area contributed by atoms with Crippen molar-refractivity contribution in [1.29, 1.82) is 0 Å². The molecule has 0 aromatic heterocycles. The van der Waals surface area contributed by atoms with Crippen molar-refractivity contribution in [3.8, 4) is 0 Å². The van der Waals surface area contributed by atoms with Crippen LogP contribution in [0.1, 0.15) is 26.2 Å². The summed E-state index contributed by atoms with van der Waals surface area (Å²) in [5.74, 6) is 0.132. The fraction of sp³-hybridized carbons (Fsp3) is 0.900. The minimum atomic E-state index is 0.132. The average molecular weight is 199 g/mol. The summed E-state index contributed by atoms with van der Waals surface area (Å²) in [5.41, 5.74) is 5.75. The molecule has 0 aliphatic carbocycles. The maximum Gasteiger partial charge on any atom is 0.234 e. The molecule has 4 heteroatoms. The van der Waals surface area contributed by atoms with Crippen molar-refractivity contribution in [3.05, 3.63) is 0 Å². The van der Waals surface area contributed by atoms with Gasteiger partial charge in [-0.25, -0.2) is 0 Å².